The number of rotatable bonds is 6. The summed E-state index contributed by atoms with van der Waals surface area (Å²) in [6, 6.07) is 12.4. The third-order valence-electron chi connectivity index (χ3n) is 4.63. The molecular formula is C22H19F3N6O2S. The Morgan fingerprint density at radius 3 is 2.76 bits per heavy atom. The van der Waals surface area contributed by atoms with Crippen LogP contribution in [0.2, 0.25) is 0 Å². The van der Waals surface area contributed by atoms with Crippen molar-refractivity contribution in [2.24, 2.45) is 0 Å². The Morgan fingerprint density at radius 2 is 2.09 bits per heavy atom. The lowest BCUT2D eigenvalue weighted by Gasteiger charge is -2.16. The van der Waals surface area contributed by atoms with Gasteiger partial charge < -0.3 is 10.1 Å². The molecule has 4 aromatic rings. The molecule has 1 unspecified atom stereocenters. The van der Waals surface area contributed by atoms with Crippen LogP contribution in [0.15, 0.2) is 60.1 Å². The van der Waals surface area contributed by atoms with Crippen LogP contribution in [0.4, 0.5) is 13.2 Å². The molecule has 0 aliphatic heterocycles. The Labute approximate surface area is 196 Å². The number of H-pyrrole nitrogens is 1. The van der Waals surface area contributed by atoms with Gasteiger partial charge in [0.15, 0.2) is 0 Å². The van der Waals surface area contributed by atoms with E-state index in [-0.39, 0.29) is 6.04 Å². The average molecular weight is 488 g/mol. The summed E-state index contributed by atoms with van der Waals surface area (Å²) in [5, 5.41) is 22.0. The highest BCUT2D eigenvalue weighted by Gasteiger charge is 2.38. The number of carboxylic acids is 1. The molecule has 0 spiro atoms. The van der Waals surface area contributed by atoms with Crippen LogP contribution in [0.3, 0.4) is 0 Å². The van der Waals surface area contributed by atoms with Gasteiger partial charge in [-0.05, 0) is 29.5 Å². The Balaban J connectivity index is 0.000000406. The van der Waals surface area contributed by atoms with Crippen molar-refractivity contribution in [3.05, 3.63) is 60.8 Å². The molecular weight excluding hydrogens is 469 g/mol. The van der Waals surface area contributed by atoms with Gasteiger partial charge in [0.25, 0.3) is 0 Å². The number of nitriles is 1. The summed E-state index contributed by atoms with van der Waals surface area (Å²) in [7, 11) is 0. The average Bonchev–Trinajstić information content (AvgIpc) is 3.47. The Bertz CT molecular complexity index is 1310. The number of thioether (sulfide) groups is 1. The van der Waals surface area contributed by atoms with Crippen molar-refractivity contribution in [3.8, 4) is 17.3 Å². The minimum absolute atomic E-state index is 0.135. The van der Waals surface area contributed by atoms with Gasteiger partial charge in [-0.3, -0.25) is 4.68 Å². The summed E-state index contributed by atoms with van der Waals surface area (Å²) >= 11 is 1.79. The van der Waals surface area contributed by atoms with E-state index in [0.717, 1.165) is 33.6 Å². The second-order valence-corrected chi connectivity index (χ2v) is 8.20. The van der Waals surface area contributed by atoms with E-state index in [2.05, 4.69) is 51.2 Å². The number of halogens is 3. The van der Waals surface area contributed by atoms with E-state index in [1.165, 1.54) is 4.90 Å². The van der Waals surface area contributed by atoms with Crippen molar-refractivity contribution >= 4 is 28.8 Å². The van der Waals surface area contributed by atoms with Crippen LogP contribution in [-0.4, -0.2) is 47.7 Å². The fraction of sp³-hybridized carbons (Fsp3) is 0.227. The first-order valence-electron chi connectivity index (χ1n) is 9.97. The first-order chi connectivity index (χ1) is 16.2. The van der Waals surface area contributed by atoms with Gasteiger partial charge in [0.1, 0.15) is 12.0 Å². The summed E-state index contributed by atoms with van der Waals surface area (Å²) in [4.78, 5) is 21.9. The number of carbonyl (C=O) groups is 1. The largest absolute Gasteiger partial charge is 0.490 e. The van der Waals surface area contributed by atoms with Crippen molar-refractivity contribution in [1.29, 1.82) is 5.26 Å². The standard InChI is InChI=1S/C20H18N6S.C2HF3O2/c1-2-27-16-5-3-4-14(10-16)18(6-8-21)26-12-15(11-25-26)19-17-7-9-22-20(17)24-13-23-19;3-2(4,5)1(6)7/h3-5,7,9-13,18H,2,6H2,1H3,(H,22,23,24);(H,6,7). The molecule has 0 aliphatic carbocycles. The van der Waals surface area contributed by atoms with Crippen LogP contribution in [0.5, 0.6) is 0 Å². The molecule has 0 bridgehead atoms. The van der Waals surface area contributed by atoms with Crippen molar-refractivity contribution in [1.82, 2.24) is 24.7 Å². The zero-order valence-corrected chi connectivity index (χ0v) is 18.6. The quantitative estimate of drug-likeness (QED) is 0.364. The molecule has 176 valence electrons. The van der Waals surface area contributed by atoms with Gasteiger partial charge in [-0.15, -0.1) is 11.8 Å². The van der Waals surface area contributed by atoms with E-state index in [9.17, 15) is 18.4 Å². The molecule has 8 nitrogen and oxygen atoms in total. The van der Waals surface area contributed by atoms with Gasteiger partial charge >= 0.3 is 12.1 Å². The van der Waals surface area contributed by atoms with Gasteiger partial charge in [-0.1, -0.05) is 19.1 Å². The van der Waals surface area contributed by atoms with Gasteiger partial charge in [-0.2, -0.15) is 23.5 Å². The predicted octanol–water partition coefficient (Wildman–Crippen LogP) is 5.07. The first kappa shape index (κ1) is 24.8. The summed E-state index contributed by atoms with van der Waals surface area (Å²) in [5.41, 5.74) is 3.62. The number of nitrogens with zero attached hydrogens (tertiary/aromatic N) is 5. The number of aliphatic carboxylic acids is 1. The number of alkyl halides is 3. The molecule has 0 amide bonds. The van der Waals surface area contributed by atoms with Crippen molar-refractivity contribution in [3.63, 3.8) is 0 Å². The summed E-state index contributed by atoms with van der Waals surface area (Å²) in [5.74, 6) is -1.74. The molecule has 3 aromatic heterocycles. The van der Waals surface area contributed by atoms with Crippen molar-refractivity contribution < 1.29 is 23.1 Å². The summed E-state index contributed by atoms with van der Waals surface area (Å²) < 4.78 is 33.6. The highest BCUT2D eigenvalue weighted by Crippen LogP contribution is 2.29. The maximum Gasteiger partial charge on any atom is 0.490 e. The van der Waals surface area contributed by atoms with E-state index in [0.29, 0.717) is 6.42 Å². The lowest BCUT2D eigenvalue weighted by atomic mass is 10.0. The Kier molecular flexibility index (Phi) is 7.91. The minimum Gasteiger partial charge on any atom is -0.475 e. The number of aromatic amines is 1. The third-order valence-corrected chi connectivity index (χ3v) is 5.51. The van der Waals surface area contributed by atoms with Crippen LogP contribution in [-0.2, 0) is 4.79 Å². The van der Waals surface area contributed by atoms with E-state index in [4.69, 9.17) is 9.90 Å². The van der Waals surface area contributed by atoms with Crippen molar-refractivity contribution in [2.45, 2.75) is 30.5 Å². The second-order valence-electron chi connectivity index (χ2n) is 6.86. The van der Waals surface area contributed by atoms with Crippen LogP contribution >= 0.6 is 11.8 Å². The maximum atomic E-state index is 10.6. The zero-order chi connectivity index (χ0) is 24.7. The van der Waals surface area contributed by atoms with E-state index < -0.39 is 12.1 Å². The molecule has 2 N–H and O–H groups in total. The molecule has 0 radical (unpaired) electrons. The Morgan fingerprint density at radius 1 is 1.32 bits per heavy atom. The monoisotopic (exact) mass is 488 g/mol. The molecule has 1 aromatic carbocycles. The molecule has 0 aliphatic rings. The molecule has 0 saturated heterocycles. The lowest BCUT2D eigenvalue weighted by molar-refractivity contribution is -0.192. The van der Waals surface area contributed by atoms with Crippen LogP contribution in [0.25, 0.3) is 22.3 Å². The van der Waals surface area contributed by atoms with Crippen molar-refractivity contribution in [2.75, 3.05) is 5.75 Å². The number of fused-ring (bicyclic) bond motifs is 1. The summed E-state index contributed by atoms with van der Waals surface area (Å²) in [6.07, 6.45) is 2.41. The smallest absolute Gasteiger partial charge is 0.475 e. The van der Waals surface area contributed by atoms with E-state index in [1.54, 1.807) is 24.3 Å². The number of nitrogens with one attached hydrogen (secondary N) is 1. The van der Waals surface area contributed by atoms with E-state index in [1.807, 2.05) is 29.2 Å². The zero-order valence-electron chi connectivity index (χ0n) is 17.8. The molecule has 1 atom stereocenters. The highest BCUT2D eigenvalue weighted by molar-refractivity contribution is 7.99. The Hall–Kier alpha value is -3.85. The summed E-state index contributed by atoms with van der Waals surface area (Å²) in [6.45, 7) is 2.13. The molecule has 0 fully saturated rings. The number of hydrogen-bond acceptors (Lipinski definition) is 6. The number of hydrogen-bond donors (Lipinski definition) is 2. The normalized spacial score (nSPS) is 12.0. The van der Waals surface area contributed by atoms with E-state index >= 15 is 0 Å². The van der Waals surface area contributed by atoms with Gasteiger partial charge in [0.05, 0.1) is 30.4 Å². The molecule has 3 heterocycles. The first-order valence-corrected chi connectivity index (χ1v) is 11.0. The van der Waals surface area contributed by atoms with Gasteiger partial charge in [0, 0.05) is 28.2 Å². The number of aromatic nitrogens is 5. The predicted molar refractivity (Wildman–Crippen MR) is 120 cm³/mol. The second kappa shape index (κ2) is 10.8. The third kappa shape index (κ3) is 5.93. The van der Waals surface area contributed by atoms with Crippen LogP contribution in [0, 0.1) is 11.3 Å². The maximum absolute atomic E-state index is 10.6. The molecule has 0 saturated carbocycles. The molecule has 4 rings (SSSR count). The molecule has 34 heavy (non-hydrogen) atoms. The van der Waals surface area contributed by atoms with Crippen LogP contribution < -0.4 is 0 Å². The topological polar surface area (TPSA) is 120 Å². The number of benzene rings is 1. The SMILES string of the molecule is CCSc1cccc(C(CC#N)n2cc(-c3ncnc4[nH]ccc34)cn2)c1.O=C(O)C(F)(F)F. The fourth-order valence-corrected chi connectivity index (χ4v) is 3.89. The van der Waals surface area contributed by atoms with Gasteiger partial charge in [-0.25, -0.2) is 14.8 Å². The lowest BCUT2D eigenvalue weighted by Crippen LogP contribution is -2.21. The molecule has 12 heteroatoms. The van der Waals surface area contributed by atoms with Crippen LogP contribution in [0.1, 0.15) is 24.9 Å². The van der Waals surface area contributed by atoms with Gasteiger partial charge in [0.2, 0.25) is 0 Å². The number of carboxylic acid groups (broad SMARTS) is 1. The fourth-order valence-electron chi connectivity index (χ4n) is 3.16. The highest BCUT2D eigenvalue weighted by atomic mass is 32.2. The minimum atomic E-state index is -5.08.